The first-order chi connectivity index (χ1) is 11.5. The number of nitrogens with one attached hydrogen (secondary N) is 3. The maximum absolute atomic E-state index is 12.4. The third kappa shape index (κ3) is 3.76. The summed E-state index contributed by atoms with van der Waals surface area (Å²) in [4.78, 5) is 40.9. The largest absolute Gasteiger partial charge is 0.445 e. The zero-order valence-corrected chi connectivity index (χ0v) is 13.6. The number of aromatic nitrogens is 1. The van der Waals surface area contributed by atoms with Crippen LogP contribution in [0.25, 0.3) is 0 Å². The van der Waals surface area contributed by atoms with Crippen molar-refractivity contribution in [2.75, 3.05) is 26.7 Å². The van der Waals surface area contributed by atoms with Crippen LogP contribution in [0.5, 0.6) is 0 Å². The smallest absolute Gasteiger partial charge is 0.410 e. The molecule has 3 amide bonds. The SMILES string of the molecule is C=CCOC(=O)N1CCC(NC(=O)c2ccc[nH]2)(C(=O)NC)CC1. The molecule has 0 atom stereocenters. The third-order valence-corrected chi connectivity index (χ3v) is 4.06. The molecule has 0 saturated carbocycles. The first-order valence-corrected chi connectivity index (χ1v) is 7.73. The number of rotatable bonds is 5. The highest BCUT2D eigenvalue weighted by Gasteiger charge is 2.43. The Bertz CT molecular complexity index is 604. The molecule has 0 radical (unpaired) electrons. The summed E-state index contributed by atoms with van der Waals surface area (Å²) in [7, 11) is 1.52. The lowest BCUT2D eigenvalue weighted by Gasteiger charge is -2.40. The van der Waals surface area contributed by atoms with Crippen molar-refractivity contribution in [1.82, 2.24) is 20.5 Å². The second-order valence-electron chi connectivity index (χ2n) is 5.55. The fraction of sp³-hybridized carbons (Fsp3) is 0.438. The summed E-state index contributed by atoms with van der Waals surface area (Å²) in [5.41, 5.74) is -0.669. The Morgan fingerprint density at radius 1 is 1.42 bits per heavy atom. The topological polar surface area (TPSA) is 104 Å². The number of likely N-dealkylation sites (N-methyl/N-ethyl adjacent to an activating group) is 1. The molecule has 1 aliphatic heterocycles. The van der Waals surface area contributed by atoms with Crippen molar-refractivity contribution in [1.29, 1.82) is 0 Å². The van der Waals surface area contributed by atoms with Crippen LogP contribution < -0.4 is 10.6 Å². The van der Waals surface area contributed by atoms with Gasteiger partial charge in [0.25, 0.3) is 5.91 Å². The van der Waals surface area contributed by atoms with E-state index >= 15 is 0 Å². The summed E-state index contributed by atoms with van der Waals surface area (Å²) in [6.45, 7) is 4.26. The van der Waals surface area contributed by atoms with Gasteiger partial charge in [0.05, 0.1) is 0 Å². The highest BCUT2D eigenvalue weighted by Crippen LogP contribution is 2.24. The Balaban J connectivity index is 2.05. The Morgan fingerprint density at radius 3 is 2.67 bits per heavy atom. The zero-order valence-electron chi connectivity index (χ0n) is 13.6. The first kappa shape index (κ1) is 17.6. The van der Waals surface area contributed by atoms with Gasteiger partial charge in [0, 0.05) is 26.3 Å². The van der Waals surface area contributed by atoms with E-state index in [-0.39, 0.29) is 18.4 Å². The lowest BCUT2D eigenvalue weighted by atomic mass is 9.86. The number of carbonyl (C=O) groups excluding carboxylic acids is 3. The second kappa shape index (κ2) is 7.67. The van der Waals surface area contributed by atoms with E-state index in [0.29, 0.717) is 31.6 Å². The van der Waals surface area contributed by atoms with Gasteiger partial charge in [-0.25, -0.2) is 4.79 Å². The van der Waals surface area contributed by atoms with E-state index in [9.17, 15) is 14.4 Å². The van der Waals surface area contributed by atoms with Crippen LogP contribution in [-0.2, 0) is 9.53 Å². The van der Waals surface area contributed by atoms with Gasteiger partial charge in [-0.15, -0.1) is 0 Å². The second-order valence-corrected chi connectivity index (χ2v) is 5.55. The van der Waals surface area contributed by atoms with Gasteiger partial charge in [0.15, 0.2) is 0 Å². The van der Waals surface area contributed by atoms with Crippen molar-refractivity contribution in [3.63, 3.8) is 0 Å². The average Bonchev–Trinajstić information content (AvgIpc) is 3.14. The normalized spacial score (nSPS) is 16.1. The van der Waals surface area contributed by atoms with Crippen molar-refractivity contribution < 1.29 is 19.1 Å². The number of amides is 3. The van der Waals surface area contributed by atoms with E-state index in [2.05, 4.69) is 22.2 Å². The maximum atomic E-state index is 12.4. The van der Waals surface area contributed by atoms with Crippen LogP contribution in [-0.4, -0.2) is 60.1 Å². The molecule has 0 spiro atoms. The molecular formula is C16H22N4O4. The third-order valence-electron chi connectivity index (χ3n) is 4.06. The van der Waals surface area contributed by atoms with Gasteiger partial charge in [-0.2, -0.15) is 0 Å². The van der Waals surface area contributed by atoms with Crippen molar-refractivity contribution in [3.05, 3.63) is 36.7 Å². The highest BCUT2D eigenvalue weighted by atomic mass is 16.6. The number of aromatic amines is 1. The van der Waals surface area contributed by atoms with E-state index in [4.69, 9.17) is 4.74 Å². The lowest BCUT2D eigenvalue weighted by Crippen LogP contribution is -2.63. The van der Waals surface area contributed by atoms with E-state index < -0.39 is 11.6 Å². The molecular weight excluding hydrogens is 312 g/mol. The molecule has 2 rings (SSSR count). The Hall–Kier alpha value is -2.77. The molecule has 0 aliphatic carbocycles. The maximum Gasteiger partial charge on any atom is 0.410 e. The minimum absolute atomic E-state index is 0.138. The van der Waals surface area contributed by atoms with Gasteiger partial charge in [-0.1, -0.05) is 12.7 Å². The minimum Gasteiger partial charge on any atom is -0.445 e. The van der Waals surface area contributed by atoms with Crippen LogP contribution in [0, 0.1) is 0 Å². The van der Waals surface area contributed by atoms with Gasteiger partial charge in [0.2, 0.25) is 5.91 Å². The number of likely N-dealkylation sites (tertiary alicyclic amines) is 1. The molecule has 1 aliphatic rings. The van der Waals surface area contributed by atoms with Gasteiger partial charge in [0.1, 0.15) is 17.8 Å². The fourth-order valence-corrected chi connectivity index (χ4v) is 2.70. The predicted octanol–water partition coefficient (Wildman–Crippen LogP) is 0.648. The number of ether oxygens (including phenoxy) is 1. The summed E-state index contributed by atoms with van der Waals surface area (Å²) in [5, 5.41) is 5.40. The fourth-order valence-electron chi connectivity index (χ4n) is 2.70. The van der Waals surface area contributed by atoms with Gasteiger partial charge >= 0.3 is 6.09 Å². The van der Waals surface area contributed by atoms with Gasteiger partial charge < -0.3 is 25.3 Å². The molecule has 130 valence electrons. The van der Waals surface area contributed by atoms with E-state index in [1.54, 1.807) is 18.3 Å². The summed E-state index contributed by atoms with van der Waals surface area (Å²) < 4.78 is 5.00. The molecule has 0 bridgehead atoms. The van der Waals surface area contributed by atoms with Gasteiger partial charge in [-0.05, 0) is 25.0 Å². The molecule has 0 aromatic carbocycles. The molecule has 1 aromatic rings. The van der Waals surface area contributed by atoms with E-state index in [1.165, 1.54) is 18.0 Å². The summed E-state index contributed by atoms with van der Waals surface area (Å²) in [6, 6.07) is 3.34. The highest BCUT2D eigenvalue weighted by molar-refractivity contribution is 5.98. The average molecular weight is 334 g/mol. The van der Waals surface area contributed by atoms with Crippen LogP contribution in [0.15, 0.2) is 31.0 Å². The Kier molecular flexibility index (Phi) is 5.62. The van der Waals surface area contributed by atoms with Crippen LogP contribution >= 0.6 is 0 Å². The minimum atomic E-state index is -1.05. The van der Waals surface area contributed by atoms with Crippen molar-refractivity contribution in [2.24, 2.45) is 0 Å². The number of hydrogen-bond acceptors (Lipinski definition) is 4. The molecule has 1 saturated heterocycles. The van der Waals surface area contributed by atoms with Crippen LogP contribution in [0.4, 0.5) is 4.79 Å². The Morgan fingerprint density at radius 2 is 2.12 bits per heavy atom. The van der Waals surface area contributed by atoms with E-state index in [1.807, 2.05) is 0 Å². The predicted molar refractivity (Wildman–Crippen MR) is 87.4 cm³/mol. The quantitative estimate of drug-likeness (QED) is 0.688. The molecule has 0 unspecified atom stereocenters. The standard InChI is InChI=1S/C16H22N4O4/c1-3-11-24-15(23)20-9-6-16(7-10-20,14(22)17-2)19-13(21)12-5-4-8-18-12/h3-5,8,18H,1,6-7,9-11H2,2H3,(H,17,22)(H,19,21). The summed E-state index contributed by atoms with van der Waals surface area (Å²) in [5.74, 6) is -0.632. The number of hydrogen-bond donors (Lipinski definition) is 3. The monoisotopic (exact) mass is 334 g/mol. The van der Waals surface area contributed by atoms with Crippen molar-refractivity contribution in [2.45, 2.75) is 18.4 Å². The zero-order chi connectivity index (χ0) is 17.6. The molecule has 8 nitrogen and oxygen atoms in total. The van der Waals surface area contributed by atoms with Crippen molar-refractivity contribution in [3.8, 4) is 0 Å². The molecule has 3 N–H and O–H groups in total. The Labute approximate surface area is 140 Å². The van der Waals surface area contributed by atoms with E-state index in [0.717, 1.165) is 0 Å². The number of H-pyrrole nitrogens is 1. The number of nitrogens with zero attached hydrogens (tertiary/aromatic N) is 1. The molecule has 2 heterocycles. The lowest BCUT2D eigenvalue weighted by molar-refractivity contribution is -0.128. The summed E-state index contributed by atoms with van der Waals surface area (Å²) in [6.07, 6.45) is 3.30. The van der Waals surface area contributed by atoms with Crippen LogP contribution in [0.2, 0.25) is 0 Å². The molecule has 1 fully saturated rings. The van der Waals surface area contributed by atoms with Crippen LogP contribution in [0.1, 0.15) is 23.3 Å². The molecule has 8 heteroatoms. The summed E-state index contributed by atoms with van der Waals surface area (Å²) >= 11 is 0. The van der Waals surface area contributed by atoms with Crippen molar-refractivity contribution >= 4 is 17.9 Å². The van der Waals surface area contributed by atoms with Gasteiger partial charge in [-0.3, -0.25) is 9.59 Å². The number of carbonyl (C=O) groups is 3. The molecule has 24 heavy (non-hydrogen) atoms. The first-order valence-electron chi connectivity index (χ1n) is 7.73. The van der Waals surface area contributed by atoms with Crippen LogP contribution in [0.3, 0.4) is 0 Å². The molecule has 1 aromatic heterocycles. The number of piperidine rings is 1.